The highest BCUT2D eigenvalue weighted by molar-refractivity contribution is 5.90. The molecule has 1 amide bonds. The summed E-state index contributed by atoms with van der Waals surface area (Å²) in [6, 6.07) is 10.3. The molecule has 1 aliphatic rings. The summed E-state index contributed by atoms with van der Waals surface area (Å²) < 4.78 is 0. The van der Waals surface area contributed by atoms with E-state index in [2.05, 4.69) is 22.1 Å². The van der Waals surface area contributed by atoms with Crippen molar-refractivity contribution in [1.29, 1.82) is 0 Å². The largest absolute Gasteiger partial charge is 0.329 e. The average Bonchev–Trinajstić information content (AvgIpc) is 3.26. The highest BCUT2D eigenvalue weighted by atomic mass is 16.2. The van der Waals surface area contributed by atoms with Crippen LogP contribution in [0, 0.1) is 12.8 Å². The normalized spacial score (nSPS) is 15.7. The fraction of sp³-hybridized carbons (Fsp3) is 0.438. The number of benzene rings is 1. The van der Waals surface area contributed by atoms with Gasteiger partial charge in [-0.15, -0.1) is 5.10 Å². The van der Waals surface area contributed by atoms with Gasteiger partial charge in [-0.05, 0) is 38.2 Å². The highest BCUT2D eigenvalue weighted by Gasteiger charge is 2.35. The van der Waals surface area contributed by atoms with Gasteiger partial charge in [-0.25, -0.2) is 4.98 Å². The van der Waals surface area contributed by atoms with Gasteiger partial charge in [-0.3, -0.25) is 9.89 Å². The highest BCUT2D eigenvalue weighted by Crippen LogP contribution is 2.36. The molecule has 1 aliphatic carbocycles. The number of rotatable bonds is 5. The maximum absolute atomic E-state index is 12.7. The smallest absolute Gasteiger partial charge is 0.294 e. The molecule has 1 atom stereocenters. The lowest BCUT2D eigenvalue weighted by atomic mass is 10.1. The third-order valence-electron chi connectivity index (χ3n) is 4.04. The third kappa shape index (κ3) is 3.12. The molecule has 110 valence electrons. The van der Waals surface area contributed by atoms with Gasteiger partial charge in [0.1, 0.15) is 5.82 Å². The van der Waals surface area contributed by atoms with Gasteiger partial charge >= 0.3 is 0 Å². The molecule has 5 nitrogen and oxygen atoms in total. The first kappa shape index (κ1) is 13.8. The van der Waals surface area contributed by atoms with Crippen LogP contribution in [0.1, 0.15) is 41.8 Å². The molecule has 0 spiro atoms. The summed E-state index contributed by atoms with van der Waals surface area (Å²) in [5.41, 5.74) is 1.13. The minimum atomic E-state index is -0.0948. The van der Waals surface area contributed by atoms with Crippen LogP contribution in [0.4, 0.5) is 0 Å². The quantitative estimate of drug-likeness (QED) is 0.917. The first-order chi connectivity index (χ1) is 10.1. The van der Waals surface area contributed by atoms with Gasteiger partial charge in [0, 0.05) is 12.6 Å². The molecule has 0 bridgehead atoms. The summed E-state index contributed by atoms with van der Waals surface area (Å²) >= 11 is 0. The van der Waals surface area contributed by atoms with Crippen LogP contribution in [0.15, 0.2) is 30.3 Å². The molecule has 3 rings (SSSR count). The van der Waals surface area contributed by atoms with Crippen LogP contribution in [-0.4, -0.2) is 32.0 Å². The van der Waals surface area contributed by atoms with Crippen molar-refractivity contribution < 1.29 is 4.79 Å². The maximum Gasteiger partial charge on any atom is 0.294 e. The van der Waals surface area contributed by atoms with Crippen LogP contribution in [0.5, 0.6) is 0 Å². The van der Waals surface area contributed by atoms with E-state index in [1.165, 1.54) is 12.8 Å². The molecule has 1 saturated carbocycles. The first-order valence-corrected chi connectivity index (χ1v) is 7.39. The van der Waals surface area contributed by atoms with E-state index >= 15 is 0 Å². The first-order valence-electron chi connectivity index (χ1n) is 7.39. The van der Waals surface area contributed by atoms with Crippen molar-refractivity contribution in [3.63, 3.8) is 0 Å². The molecular formula is C16H20N4O. The van der Waals surface area contributed by atoms with Crippen LogP contribution in [0.25, 0.3) is 0 Å². The van der Waals surface area contributed by atoms with Crippen LogP contribution in [0.3, 0.4) is 0 Å². The van der Waals surface area contributed by atoms with Crippen molar-refractivity contribution in [2.45, 2.75) is 39.3 Å². The zero-order chi connectivity index (χ0) is 14.8. The van der Waals surface area contributed by atoms with Crippen LogP contribution >= 0.6 is 0 Å². The molecule has 1 unspecified atom stereocenters. The summed E-state index contributed by atoms with van der Waals surface area (Å²) in [6.45, 7) is 4.53. The Bertz CT molecular complexity index is 618. The van der Waals surface area contributed by atoms with Gasteiger partial charge in [0.2, 0.25) is 5.82 Å². The van der Waals surface area contributed by atoms with E-state index in [9.17, 15) is 4.79 Å². The Kier molecular flexibility index (Phi) is 3.73. The fourth-order valence-corrected chi connectivity index (χ4v) is 2.58. The predicted octanol–water partition coefficient (Wildman–Crippen LogP) is 2.55. The number of nitrogens with zero attached hydrogens (tertiary/aromatic N) is 3. The second-order valence-corrected chi connectivity index (χ2v) is 5.74. The van der Waals surface area contributed by atoms with E-state index in [1.54, 1.807) is 6.92 Å². The monoisotopic (exact) mass is 284 g/mol. The van der Waals surface area contributed by atoms with Crippen molar-refractivity contribution in [3.8, 4) is 0 Å². The Morgan fingerprint density at radius 1 is 1.38 bits per heavy atom. The molecule has 2 aromatic rings. The zero-order valence-electron chi connectivity index (χ0n) is 12.4. The van der Waals surface area contributed by atoms with E-state index in [4.69, 9.17) is 0 Å². The van der Waals surface area contributed by atoms with Crippen LogP contribution in [0.2, 0.25) is 0 Å². The SMILES string of the molecule is Cc1nc(C(=O)N(Cc2ccccc2)C(C)C2CC2)n[nH]1. The number of carbonyl (C=O) groups is 1. The van der Waals surface area contributed by atoms with Crippen molar-refractivity contribution >= 4 is 5.91 Å². The van der Waals surface area contributed by atoms with E-state index in [0.717, 1.165) is 5.56 Å². The standard InChI is InChI=1S/C16H20N4O/c1-11(14-8-9-14)20(10-13-6-4-3-5-7-13)16(21)15-17-12(2)18-19-15/h3-7,11,14H,8-10H2,1-2H3,(H,17,18,19). The molecule has 5 heteroatoms. The number of aryl methyl sites for hydroxylation is 1. The van der Waals surface area contributed by atoms with Gasteiger partial charge in [0.25, 0.3) is 5.91 Å². The number of aromatic nitrogens is 3. The lowest BCUT2D eigenvalue weighted by Crippen LogP contribution is -2.40. The Morgan fingerprint density at radius 3 is 2.67 bits per heavy atom. The second kappa shape index (κ2) is 5.68. The number of aromatic amines is 1. The maximum atomic E-state index is 12.7. The van der Waals surface area contributed by atoms with Crippen molar-refractivity contribution in [3.05, 3.63) is 47.5 Å². The summed E-state index contributed by atoms with van der Waals surface area (Å²) in [6.07, 6.45) is 2.40. The molecule has 21 heavy (non-hydrogen) atoms. The Hall–Kier alpha value is -2.17. The molecule has 1 N–H and O–H groups in total. The van der Waals surface area contributed by atoms with Gasteiger partial charge in [-0.1, -0.05) is 30.3 Å². The Morgan fingerprint density at radius 2 is 2.10 bits per heavy atom. The molecule has 1 aromatic carbocycles. The van der Waals surface area contributed by atoms with Gasteiger partial charge in [0.05, 0.1) is 0 Å². The zero-order valence-corrected chi connectivity index (χ0v) is 12.4. The number of carbonyl (C=O) groups excluding carboxylic acids is 1. The lowest BCUT2D eigenvalue weighted by molar-refractivity contribution is 0.0642. The molecule has 1 aromatic heterocycles. The topological polar surface area (TPSA) is 61.9 Å². The van der Waals surface area contributed by atoms with E-state index in [-0.39, 0.29) is 17.8 Å². The van der Waals surface area contributed by atoms with Crippen LogP contribution in [-0.2, 0) is 6.54 Å². The summed E-state index contributed by atoms with van der Waals surface area (Å²) in [5, 5.41) is 6.76. The Balaban J connectivity index is 1.83. The van der Waals surface area contributed by atoms with E-state index < -0.39 is 0 Å². The lowest BCUT2D eigenvalue weighted by Gasteiger charge is -2.28. The third-order valence-corrected chi connectivity index (χ3v) is 4.04. The van der Waals surface area contributed by atoms with E-state index in [0.29, 0.717) is 18.3 Å². The molecule has 1 heterocycles. The molecule has 1 fully saturated rings. The van der Waals surface area contributed by atoms with Crippen molar-refractivity contribution in [2.75, 3.05) is 0 Å². The number of hydrogen-bond donors (Lipinski definition) is 1. The summed E-state index contributed by atoms with van der Waals surface area (Å²) in [4.78, 5) is 18.8. The molecule has 0 saturated heterocycles. The molecule has 0 radical (unpaired) electrons. The van der Waals surface area contributed by atoms with Crippen molar-refractivity contribution in [2.24, 2.45) is 5.92 Å². The molecular weight excluding hydrogens is 264 g/mol. The Labute approximate surface area is 124 Å². The van der Waals surface area contributed by atoms with Gasteiger partial charge in [-0.2, -0.15) is 0 Å². The summed E-state index contributed by atoms with van der Waals surface area (Å²) in [7, 11) is 0. The number of nitrogens with one attached hydrogen (secondary N) is 1. The number of H-pyrrole nitrogens is 1. The fourth-order valence-electron chi connectivity index (χ4n) is 2.58. The average molecular weight is 284 g/mol. The van der Waals surface area contributed by atoms with Crippen molar-refractivity contribution in [1.82, 2.24) is 20.1 Å². The number of amides is 1. The van der Waals surface area contributed by atoms with Crippen LogP contribution < -0.4 is 0 Å². The minimum Gasteiger partial charge on any atom is -0.329 e. The predicted molar refractivity (Wildman–Crippen MR) is 79.6 cm³/mol. The van der Waals surface area contributed by atoms with Gasteiger partial charge in [0.15, 0.2) is 0 Å². The van der Waals surface area contributed by atoms with Gasteiger partial charge < -0.3 is 4.90 Å². The molecule has 0 aliphatic heterocycles. The summed E-state index contributed by atoms with van der Waals surface area (Å²) in [5.74, 6) is 1.44. The van der Waals surface area contributed by atoms with E-state index in [1.807, 2.05) is 35.2 Å². The number of hydrogen-bond acceptors (Lipinski definition) is 3. The second-order valence-electron chi connectivity index (χ2n) is 5.74. The minimum absolute atomic E-state index is 0.0948.